The van der Waals surface area contributed by atoms with Crippen LogP contribution >= 0.6 is 35.0 Å². The molecule has 4 rings (SSSR count). The molecule has 1 saturated heterocycles. The van der Waals surface area contributed by atoms with E-state index in [-0.39, 0.29) is 11.1 Å². The summed E-state index contributed by atoms with van der Waals surface area (Å²) in [5.74, 6) is -0.234. The molecule has 2 aromatic carbocycles. The first-order valence-corrected chi connectivity index (χ1v) is 11.9. The molecule has 0 atom stereocenters. The van der Waals surface area contributed by atoms with Crippen LogP contribution in [0.3, 0.4) is 0 Å². The zero-order valence-corrected chi connectivity index (χ0v) is 20.1. The number of nitrogens with zero attached hydrogens (tertiary/aromatic N) is 2. The van der Waals surface area contributed by atoms with Crippen LogP contribution in [-0.2, 0) is 11.2 Å². The number of carbonyl (C=O) groups excluding carboxylic acids is 2. The maximum atomic E-state index is 12.9. The minimum atomic E-state index is -0.234. The van der Waals surface area contributed by atoms with Gasteiger partial charge in [0.2, 0.25) is 0 Å². The predicted octanol–water partition coefficient (Wildman–Crippen LogP) is 7.07. The van der Waals surface area contributed by atoms with E-state index in [1.54, 1.807) is 18.2 Å². The highest BCUT2D eigenvalue weighted by atomic mass is 35.5. The van der Waals surface area contributed by atoms with E-state index in [0.29, 0.717) is 21.5 Å². The van der Waals surface area contributed by atoms with Crippen LogP contribution in [0.5, 0.6) is 0 Å². The maximum Gasteiger partial charge on any atom is 0.293 e. The quantitative estimate of drug-likeness (QED) is 0.351. The summed E-state index contributed by atoms with van der Waals surface area (Å²) in [7, 11) is 0. The molecule has 1 aliphatic heterocycles. The van der Waals surface area contributed by atoms with Crippen molar-refractivity contribution in [2.75, 3.05) is 6.54 Å². The van der Waals surface area contributed by atoms with Crippen molar-refractivity contribution in [2.24, 2.45) is 0 Å². The first kappa shape index (κ1) is 22.7. The fourth-order valence-corrected chi connectivity index (χ4v) is 5.24. The Balaban J connectivity index is 1.53. The van der Waals surface area contributed by atoms with Crippen molar-refractivity contribution >= 4 is 52.2 Å². The Hall–Kier alpha value is -2.47. The third kappa shape index (κ3) is 4.65. The minimum Gasteiger partial charge on any atom is -0.316 e. The van der Waals surface area contributed by atoms with Crippen molar-refractivity contribution in [2.45, 2.75) is 26.7 Å². The zero-order valence-electron chi connectivity index (χ0n) is 17.8. The molecule has 0 unspecified atom stereocenters. The van der Waals surface area contributed by atoms with Gasteiger partial charge in [0, 0.05) is 23.0 Å². The standard InChI is InChI=1S/C25H22Cl2N2O2S/c1-16-13-19(17(2)29(16)22-11-10-20(26)15-21(22)27)14-23-24(30)28(25(31)32-23)12-6-9-18-7-4-3-5-8-18/h3-5,7-8,10-11,13-15H,6,9,12H2,1-2H3/b23-14+. The predicted molar refractivity (Wildman–Crippen MR) is 133 cm³/mol. The highest BCUT2D eigenvalue weighted by Gasteiger charge is 2.34. The number of imide groups is 1. The Morgan fingerprint density at radius 3 is 2.47 bits per heavy atom. The molecule has 0 N–H and O–H groups in total. The number of hydrogen-bond acceptors (Lipinski definition) is 3. The number of halogens is 2. The summed E-state index contributed by atoms with van der Waals surface area (Å²) < 4.78 is 2.02. The fourth-order valence-electron chi connectivity index (χ4n) is 3.89. The molecule has 7 heteroatoms. The highest BCUT2D eigenvalue weighted by Crippen LogP contribution is 2.35. The topological polar surface area (TPSA) is 42.3 Å². The molecule has 2 heterocycles. The molecule has 0 saturated carbocycles. The van der Waals surface area contributed by atoms with Gasteiger partial charge in [-0.2, -0.15) is 0 Å². The van der Waals surface area contributed by atoms with Crippen LogP contribution in [0.25, 0.3) is 11.8 Å². The number of rotatable bonds is 6. The van der Waals surface area contributed by atoms with E-state index in [9.17, 15) is 9.59 Å². The van der Waals surface area contributed by atoms with Gasteiger partial charge >= 0.3 is 0 Å². The second kappa shape index (κ2) is 9.57. The Kier molecular flexibility index (Phi) is 6.79. The van der Waals surface area contributed by atoms with Crippen LogP contribution in [0.1, 0.15) is 28.9 Å². The lowest BCUT2D eigenvalue weighted by atomic mass is 10.1. The van der Waals surface area contributed by atoms with Crippen LogP contribution in [0.2, 0.25) is 10.0 Å². The van der Waals surface area contributed by atoms with Gasteiger partial charge in [-0.25, -0.2) is 0 Å². The number of thioether (sulfide) groups is 1. The van der Waals surface area contributed by atoms with E-state index in [0.717, 1.165) is 47.2 Å². The van der Waals surface area contributed by atoms with Crippen LogP contribution < -0.4 is 0 Å². The Morgan fingerprint density at radius 2 is 1.75 bits per heavy atom. The van der Waals surface area contributed by atoms with Crippen molar-refractivity contribution in [3.8, 4) is 5.69 Å². The monoisotopic (exact) mass is 484 g/mol. The van der Waals surface area contributed by atoms with Crippen molar-refractivity contribution in [1.82, 2.24) is 9.47 Å². The first-order chi connectivity index (χ1) is 15.3. The van der Waals surface area contributed by atoms with E-state index < -0.39 is 0 Å². The molecule has 2 amide bonds. The molecule has 164 valence electrons. The summed E-state index contributed by atoms with van der Waals surface area (Å²) in [5, 5.41) is 0.899. The number of aryl methyl sites for hydroxylation is 2. The van der Waals surface area contributed by atoms with Gasteiger partial charge in [0.1, 0.15) is 0 Å². The average Bonchev–Trinajstić information content (AvgIpc) is 3.18. The van der Waals surface area contributed by atoms with Crippen LogP contribution in [-0.4, -0.2) is 27.2 Å². The second-order valence-electron chi connectivity index (χ2n) is 7.68. The van der Waals surface area contributed by atoms with Crippen LogP contribution in [0, 0.1) is 13.8 Å². The third-order valence-electron chi connectivity index (χ3n) is 5.47. The van der Waals surface area contributed by atoms with Gasteiger partial charge in [-0.1, -0.05) is 53.5 Å². The number of hydrogen-bond donors (Lipinski definition) is 0. The molecule has 0 aliphatic carbocycles. The second-order valence-corrected chi connectivity index (χ2v) is 9.52. The van der Waals surface area contributed by atoms with E-state index in [1.807, 2.05) is 48.7 Å². The molecule has 4 nitrogen and oxygen atoms in total. The number of aromatic nitrogens is 1. The Labute approximate surface area is 201 Å². The molecular formula is C25H22Cl2N2O2S. The van der Waals surface area contributed by atoms with Crippen molar-refractivity contribution in [3.63, 3.8) is 0 Å². The highest BCUT2D eigenvalue weighted by molar-refractivity contribution is 8.18. The van der Waals surface area contributed by atoms with Gasteiger partial charge in [0.15, 0.2) is 0 Å². The lowest BCUT2D eigenvalue weighted by Crippen LogP contribution is -2.29. The third-order valence-corrected chi connectivity index (χ3v) is 6.92. The van der Waals surface area contributed by atoms with Crippen molar-refractivity contribution in [1.29, 1.82) is 0 Å². The average molecular weight is 485 g/mol. The molecule has 1 aliphatic rings. The SMILES string of the molecule is Cc1cc(/C=C2/SC(=O)N(CCCc3ccccc3)C2=O)c(C)n1-c1ccc(Cl)cc1Cl. The largest absolute Gasteiger partial charge is 0.316 e. The summed E-state index contributed by atoms with van der Waals surface area (Å²) in [6, 6.07) is 17.4. The Morgan fingerprint density at radius 1 is 1.00 bits per heavy atom. The molecule has 32 heavy (non-hydrogen) atoms. The van der Waals surface area contributed by atoms with Gasteiger partial charge in [-0.3, -0.25) is 14.5 Å². The molecule has 3 aromatic rings. The van der Waals surface area contributed by atoms with E-state index in [2.05, 4.69) is 12.1 Å². The van der Waals surface area contributed by atoms with Gasteiger partial charge in [0.25, 0.3) is 11.1 Å². The van der Waals surface area contributed by atoms with Gasteiger partial charge in [0.05, 0.1) is 15.6 Å². The summed E-state index contributed by atoms with van der Waals surface area (Å²) in [4.78, 5) is 27.2. The minimum absolute atomic E-state index is 0.219. The van der Waals surface area contributed by atoms with E-state index in [1.165, 1.54) is 10.5 Å². The maximum absolute atomic E-state index is 12.9. The molecular weight excluding hydrogens is 463 g/mol. The lowest BCUT2D eigenvalue weighted by molar-refractivity contribution is -0.122. The van der Waals surface area contributed by atoms with E-state index >= 15 is 0 Å². The van der Waals surface area contributed by atoms with Crippen molar-refractivity contribution < 1.29 is 9.59 Å². The molecule has 0 radical (unpaired) electrons. The molecule has 1 fully saturated rings. The number of carbonyl (C=O) groups is 2. The van der Waals surface area contributed by atoms with Crippen molar-refractivity contribution in [3.05, 3.63) is 92.1 Å². The summed E-state index contributed by atoms with van der Waals surface area (Å²) in [6.45, 7) is 4.36. The fraction of sp³-hybridized carbons (Fsp3) is 0.200. The number of amides is 2. The van der Waals surface area contributed by atoms with Gasteiger partial charge in [-0.05, 0) is 79.9 Å². The van der Waals surface area contributed by atoms with Gasteiger partial charge < -0.3 is 4.57 Å². The zero-order chi connectivity index (χ0) is 22.8. The Bertz CT molecular complexity index is 1220. The van der Waals surface area contributed by atoms with Crippen LogP contribution in [0.4, 0.5) is 4.79 Å². The summed E-state index contributed by atoms with van der Waals surface area (Å²) >= 11 is 13.4. The lowest BCUT2D eigenvalue weighted by Gasteiger charge is -2.12. The smallest absolute Gasteiger partial charge is 0.293 e. The van der Waals surface area contributed by atoms with E-state index in [4.69, 9.17) is 23.2 Å². The van der Waals surface area contributed by atoms with Gasteiger partial charge in [-0.15, -0.1) is 0 Å². The summed E-state index contributed by atoms with van der Waals surface area (Å²) in [5.41, 5.74) is 4.80. The van der Waals surface area contributed by atoms with Crippen LogP contribution in [0.15, 0.2) is 59.5 Å². The molecule has 0 spiro atoms. The number of benzene rings is 2. The summed E-state index contributed by atoms with van der Waals surface area (Å²) in [6.07, 6.45) is 3.36. The first-order valence-electron chi connectivity index (χ1n) is 10.3. The normalized spacial score (nSPS) is 15.2. The molecule has 0 bridgehead atoms. The molecule has 1 aromatic heterocycles.